The molecule has 2 unspecified atom stereocenters. The van der Waals surface area contributed by atoms with Gasteiger partial charge in [-0.3, -0.25) is 10.1 Å². The van der Waals surface area contributed by atoms with Crippen LogP contribution in [-0.2, 0) is 12.8 Å². The zero-order valence-corrected chi connectivity index (χ0v) is 11.0. The second-order valence-corrected chi connectivity index (χ2v) is 5.28. The van der Waals surface area contributed by atoms with E-state index in [0.717, 1.165) is 12.0 Å². The van der Waals surface area contributed by atoms with Crippen LogP contribution in [0.5, 0.6) is 0 Å². The summed E-state index contributed by atoms with van der Waals surface area (Å²) >= 11 is 0. The Labute approximate surface area is 117 Å². The highest BCUT2D eigenvalue weighted by molar-refractivity contribution is 5.42. The first kappa shape index (κ1) is 12.8. The van der Waals surface area contributed by atoms with E-state index in [9.17, 15) is 10.1 Å². The van der Waals surface area contributed by atoms with Crippen LogP contribution in [0.2, 0.25) is 0 Å². The van der Waals surface area contributed by atoms with Crippen molar-refractivity contribution >= 4 is 5.69 Å². The van der Waals surface area contributed by atoms with Gasteiger partial charge in [-0.15, -0.1) is 0 Å². The maximum absolute atomic E-state index is 11.1. The van der Waals surface area contributed by atoms with Gasteiger partial charge in [-0.25, -0.2) is 0 Å². The van der Waals surface area contributed by atoms with Gasteiger partial charge in [0.25, 0.3) is 5.69 Å². The molecule has 102 valence electrons. The number of hydrogen-bond donors (Lipinski definition) is 1. The summed E-state index contributed by atoms with van der Waals surface area (Å²) in [7, 11) is 0. The molecule has 2 aromatic carbocycles. The summed E-state index contributed by atoms with van der Waals surface area (Å²) in [5.74, 6) is 0.230. The number of nitro groups is 1. The molecule has 0 aliphatic heterocycles. The summed E-state index contributed by atoms with van der Waals surface area (Å²) in [6.45, 7) is 0. The zero-order chi connectivity index (χ0) is 14.1. The molecule has 2 N–H and O–H groups in total. The van der Waals surface area contributed by atoms with Crippen molar-refractivity contribution in [2.24, 2.45) is 11.7 Å². The molecule has 20 heavy (non-hydrogen) atoms. The summed E-state index contributed by atoms with van der Waals surface area (Å²) < 4.78 is 0. The van der Waals surface area contributed by atoms with Crippen LogP contribution in [0.4, 0.5) is 5.69 Å². The Balaban J connectivity index is 1.86. The number of fused-ring (bicyclic) bond motifs is 1. The Kier molecular flexibility index (Phi) is 3.24. The SMILES string of the molecule is NC1c2ccccc2CC1Cc1ccccc1[N+](=O)[O-]. The van der Waals surface area contributed by atoms with Gasteiger partial charge in [-0.1, -0.05) is 42.5 Å². The molecule has 0 radical (unpaired) electrons. The van der Waals surface area contributed by atoms with Crippen molar-refractivity contribution in [2.75, 3.05) is 0 Å². The highest BCUT2D eigenvalue weighted by Crippen LogP contribution is 2.37. The summed E-state index contributed by atoms with van der Waals surface area (Å²) in [4.78, 5) is 10.8. The van der Waals surface area contributed by atoms with E-state index in [1.807, 2.05) is 24.3 Å². The molecule has 4 heteroatoms. The second-order valence-electron chi connectivity index (χ2n) is 5.28. The van der Waals surface area contributed by atoms with Crippen LogP contribution in [0.15, 0.2) is 48.5 Å². The average molecular weight is 268 g/mol. The fourth-order valence-corrected chi connectivity index (χ4v) is 3.05. The molecule has 0 amide bonds. The van der Waals surface area contributed by atoms with E-state index in [2.05, 4.69) is 12.1 Å². The van der Waals surface area contributed by atoms with E-state index in [1.165, 1.54) is 11.1 Å². The van der Waals surface area contributed by atoms with Crippen molar-refractivity contribution < 1.29 is 4.92 Å². The minimum absolute atomic E-state index is 0.0361. The normalized spacial score (nSPS) is 20.6. The lowest BCUT2D eigenvalue weighted by molar-refractivity contribution is -0.385. The average Bonchev–Trinajstić information content (AvgIpc) is 2.76. The van der Waals surface area contributed by atoms with Crippen LogP contribution in [0, 0.1) is 16.0 Å². The van der Waals surface area contributed by atoms with Crippen molar-refractivity contribution in [3.63, 3.8) is 0 Å². The minimum atomic E-state index is -0.317. The molecule has 0 spiro atoms. The van der Waals surface area contributed by atoms with Crippen LogP contribution >= 0.6 is 0 Å². The monoisotopic (exact) mass is 268 g/mol. The standard InChI is InChI=1S/C16H16N2O2/c17-16-13(9-11-5-1-3-7-14(11)16)10-12-6-2-4-8-15(12)18(19)20/h1-8,13,16H,9-10,17H2. The van der Waals surface area contributed by atoms with Gasteiger partial charge >= 0.3 is 0 Å². The highest BCUT2D eigenvalue weighted by Gasteiger charge is 2.30. The third-order valence-electron chi connectivity index (χ3n) is 4.07. The molecule has 0 bridgehead atoms. The lowest BCUT2D eigenvalue weighted by atomic mass is 9.92. The van der Waals surface area contributed by atoms with Crippen molar-refractivity contribution in [1.82, 2.24) is 0 Å². The second kappa shape index (κ2) is 5.06. The van der Waals surface area contributed by atoms with Gasteiger partial charge in [0.1, 0.15) is 0 Å². The van der Waals surface area contributed by atoms with Gasteiger partial charge < -0.3 is 5.73 Å². The van der Waals surface area contributed by atoms with Gasteiger partial charge in [0.05, 0.1) is 4.92 Å². The van der Waals surface area contributed by atoms with Gasteiger partial charge in [0.2, 0.25) is 0 Å². The predicted molar refractivity (Wildman–Crippen MR) is 77.4 cm³/mol. The molecule has 1 aliphatic carbocycles. The summed E-state index contributed by atoms with van der Waals surface area (Å²) in [6, 6.07) is 15.0. The zero-order valence-electron chi connectivity index (χ0n) is 11.0. The quantitative estimate of drug-likeness (QED) is 0.687. The van der Waals surface area contributed by atoms with E-state index in [1.54, 1.807) is 12.1 Å². The van der Waals surface area contributed by atoms with Crippen LogP contribution in [0.1, 0.15) is 22.7 Å². The molecular weight excluding hydrogens is 252 g/mol. The molecule has 0 heterocycles. The Hall–Kier alpha value is -2.20. The number of para-hydroxylation sites is 1. The Morgan fingerprint density at radius 3 is 2.60 bits per heavy atom. The smallest absolute Gasteiger partial charge is 0.272 e. The van der Waals surface area contributed by atoms with E-state index >= 15 is 0 Å². The fourth-order valence-electron chi connectivity index (χ4n) is 3.05. The Morgan fingerprint density at radius 2 is 1.85 bits per heavy atom. The van der Waals surface area contributed by atoms with Crippen molar-refractivity contribution in [3.8, 4) is 0 Å². The third-order valence-corrected chi connectivity index (χ3v) is 4.07. The maximum atomic E-state index is 11.1. The molecule has 4 nitrogen and oxygen atoms in total. The summed E-state index contributed by atoms with van der Waals surface area (Å²) in [6.07, 6.45) is 1.54. The number of rotatable bonds is 3. The summed E-state index contributed by atoms with van der Waals surface area (Å²) in [5, 5.41) is 11.1. The number of nitro benzene ring substituents is 1. The fraction of sp³-hybridized carbons (Fsp3) is 0.250. The van der Waals surface area contributed by atoms with E-state index in [0.29, 0.717) is 6.42 Å². The van der Waals surface area contributed by atoms with Gasteiger partial charge in [-0.2, -0.15) is 0 Å². The number of hydrogen-bond acceptors (Lipinski definition) is 3. The van der Waals surface area contributed by atoms with Crippen LogP contribution in [0.3, 0.4) is 0 Å². The molecule has 1 aliphatic rings. The summed E-state index contributed by atoms with van der Waals surface area (Å²) in [5.41, 5.74) is 9.70. The predicted octanol–water partition coefficient (Wildman–Crippen LogP) is 3.01. The Morgan fingerprint density at radius 1 is 1.15 bits per heavy atom. The lowest BCUT2D eigenvalue weighted by Crippen LogP contribution is -2.19. The Bertz CT molecular complexity index is 654. The van der Waals surface area contributed by atoms with E-state index < -0.39 is 0 Å². The largest absolute Gasteiger partial charge is 0.324 e. The molecule has 2 atom stereocenters. The van der Waals surface area contributed by atoms with Crippen molar-refractivity contribution in [1.29, 1.82) is 0 Å². The van der Waals surface area contributed by atoms with Gasteiger partial charge in [-0.05, 0) is 29.9 Å². The number of benzene rings is 2. The van der Waals surface area contributed by atoms with Gasteiger partial charge in [0, 0.05) is 17.7 Å². The third kappa shape index (κ3) is 2.18. The van der Waals surface area contributed by atoms with E-state index in [-0.39, 0.29) is 22.6 Å². The molecule has 2 aromatic rings. The molecule has 3 rings (SSSR count). The molecule has 0 fully saturated rings. The highest BCUT2D eigenvalue weighted by atomic mass is 16.6. The van der Waals surface area contributed by atoms with Crippen molar-refractivity contribution in [3.05, 3.63) is 75.3 Å². The molecule has 0 aromatic heterocycles. The minimum Gasteiger partial charge on any atom is -0.324 e. The first-order chi connectivity index (χ1) is 9.66. The first-order valence-electron chi connectivity index (χ1n) is 6.72. The number of nitrogens with zero attached hydrogens (tertiary/aromatic N) is 1. The lowest BCUT2D eigenvalue weighted by Gasteiger charge is -2.16. The maximum Gasteiger partial charge on any atom is 0.272 e. The molecular formula is C16H16N2O2. The van der Waals surface area contributed by atoms with Crippen LogP contribution in [-0.4, -0.2) is 4.92 Å². The van der Waals surface area contributed by atoms with Crippen molar-refractivity contribution in [2.45, 2.75) is 18.9 Å². The van der Waals surface area contributed by atoms with E-state index in [4.69, 9.17) is 5.73 Å². The first-order valence-corrected chi connectivity index (χ1v) is 6.72. The van der Waals surface area contributed by atoms with Crippen LogP contribution in [0.25, 0.3) is 0 Å². The number of nitrogens with two attached hydrogens (primary N) is 1. The topological polar surface area (TPSA) is 69.2 Å². The van der Waals surface area contributed by atoms with Gasteiger partial charge in [0.15, 0.2) is 0 Å². The molecule has 0 saturated heterocycles. The molecule has 0 saturated carbocycles. The van der Waals surface area contributed by atoms with Crippen LogP contribution < -0.4 is 5.73 Å².